The number of aromatic hydroxyl groups is 1. The number of phenols is 1. The predicted octanol–water partition coefficient (Wildman–Crippen LogP) is 4.43. The zero-order valence-electron chi connectivity index (χ0n) is 17.2. The molecule has 0 aliphatic heterocycles. The molecule has 0 bridgehead atoms. The van der Waals surface area contributed by atoms with Gasteiger partial charge in [0.2, 0.25) is 5.75 Å². The van der Waals surface area contributed by atoms with Crippen molar-refractivity contribution in [2.75, 3.05) is 28.4 Å². The fraction of sp³-hybridized carbons (Fsp3) is 0.174. The van der Waals surface area contributed by atoms with Crippen molar-refractivity contribution in [3.63, 3.8) is 0 Å². The van der Waals surface area contributed by atoms with Crippen LogP contribution in [-0.2, 0) is 0 Å². The number of hydrogen-bond donors (Lipinski definition) is 1. The molecule has 7 heteroatoms. The van der Waals surface area contributed by atoms with Crippen LogP contribution in [-0.4, -0.2) is 43.1 Å². The van der Waals surface area contributed by atoms with Gasteiger partial charge in [0.15, 0.2) is 23.0 Å². The van der Waals surface area contributed by atoms with E-state index >= 15 is 0 Å². The molecule has 4 rings (SSSR count). The summed E-state index contributed by atoms with van der Waals surface area (Å²) in [4.78, 5) is 4.84. The molecule has 1 heterocycles. The molecule has 0 atom stereocenters. The first-order chi connectivity index (χ1) is 14.6. The molecule has 0 spiro atoms. The third kappa shape index (κ3) is 3.14. The van der Waals surface area contributed by atoms with Crippen LogP contribution in [0, 0.1) is 0 Å². The Morgan fingerprint density at radius 2 is 1.43 bits per heavy atom. The minimum Gasteiger partial charge on any atom is -0.504 e. The molecule has 0 aliphatic carbocycles. The molecule has 154 valence electrons. The van der Waals surface area contributed by atoms with Crippen LogP contribution in [0.15, 0.2) is 54.6 Å². The molecule has 3 aromatic carbocycles. The lowest BCUT2D eigenvalue weighted by molar-refractivity contribution is 0.324. The number of benzene rings is 3. The Kier molecular flexibility index (Phi) is 5.10. The van der Waals surface area contributed by atoms with Gasteiger partial charge in [-0.1, -0.05) is 12.1 Å². The number of phenolic OH excluding ortho intramolecular Hbond substituents is 1. The molecule has 1 aromatic heterocycles. The molecule has 0 fully saturated rings. The zero-order chi connectivity index (χ0) is 21.3. The summed E-state index contributed by atoms with van der Waals surface area (Å²) in [5, 5.41) is 10.3. The minimum absolute atomic E-state index is 0.0450. The highest BCUT2D eigenvalue weighted by Gasteiger charge is 2.20. The van der Waals surface area contributed by atoms with E-state index in [-0.39, 0.29) is 5.75 Å². The van der Waals surface area contributed by atoms with Crippen LogP contribution < -0.4 is 18.9 Å². The molecule has 0 radical (unpaired) electrons. The highest BCUT2D eigenvalue weighted by molar-refractivity contribution is 5.84. The first kappa shape index (κ1) is 19.4. The van der Waals surface area contributed by atoms with Gasteiger partial charge in [0.1, 0.15) is 5.82 Å². The summed E-state index contributed by atoms with van der Waals surface area (Å²) < 4.78 is 23.6. The molecule has 0 unspecified atom stereocenters. The maximum absolute atomic E-state index is 10.3. The molecule has 1 N–H and O–H groups in total. The Morgan fingerprint density at radius 1 is 0.767 bits per heavy atom. The molecule has 7 nitrogen and oxygen atoms in total. The van der Waals surface area contributed by atoms with Crippen molar-refractivity contribution in [1.82, 2.24) is 9.55 Å². The number of ether oxygens (including phenoxy) is 4. The fourth-order valence-corrected chi connectivity index (χ4v) is 3.51. The summed E-state index contributed by atoms with van der Waals surface area (Å²) >= 11 is 0. The van der Waals surface area contributed by atoms with Crippen molar-refractivity contribution >= 4 is 11.0 Å². The summed E-state index contributed by atoms with van der Waals surface area (Å²) in [6.07, 6.45) is 0. The van der Waals surface area contributed by atoms with Gasteiger partial charge in [0.05, 0.1) is 45.2 Å². The van der Waals surface area contributed by atoms with Crippen molar-refractivity contribution in [3.8, 4) is 45.8 Å². The third-order valence-electron chi connectivity index (χ3n) is 4.90. The highest BCUT2D eigenvalue weighted by Crippen LogP contribution is 2.42. The van der Waals surface area contributed by atoms with Gasteiger partial charge in [-0.15, -0.1) is 0 Å². The van der Waals surface area contributed by atoms with Gasteiger partial charge in [-0.25, -0.2) is 4.98 Å². The Hall–Kier alpha value is -3.87. The summed E-state index contributed by atoms with van der Waals surface area (Å²) in [7, 11) is 6.23. The van der Waals surface area contributed by atoms with E-state index in [1.807, 2.05) is 47.0 Å². The average Bonchev–Trinajstić information content (AvgIpc) is 3.17. The van der Waals surface area contributed by atoms with Gasteiger partial charge < -0.3 is 24.1 Å². The summed E-state index contributed by atoms with van der Waals surface area (Å²) in [6.45, 7) is 0. The van der Waals surface area contributed by atoms with Gasteiger partial charge in [-0.05, 0) is 36.4 Å². The molecule has 0 saturated heterocycles. The monoisotopic (exact) mass is 406 g/mol. The second-order valence-electron chi connectivity index (χ2n) is 6.53. The average molecular weight is 406 g/mol. The maximum atomic E-state index is 10.3. The van der Waals surface area contributed by atoms with Gasteiger partial charge in [0, 0.05) is 11.6 Å². The largest absolute Gasteiger partial charge is 0.504 e. The molecule has 30 heavy (non-hydrogen) atoms. The lowest BCUT2D eigenvalue weighted by Gasteiger charge is -2.15. The second kappa shape index (κ2) is 7.87. The van der Waals surface area contributed by atoms with Crippen molar-refractivity contribution in [1.29, 1.82) is 0 Å². The number of para-hydroxylation sites is 2. The Labute approximate surface area is 174 Å². The predicted molar refractivity (Wildman–Crippen MR) is 114 cm³/mol. The normalized spacial score (nSPS) is 10.8. The van der Waals surface area contributed by atoms with E-state index in [1.165, 1.54) is 7.11 Å². The number of imidazole rings is 1. The van der Waals surface area contributed by atoms with E-state index in [4.69, 9.17) is 23.9 Å². The fourth-order valence-electron chi connectivity index (χ4n) is 3.51. The zero-order valence-corrected chi connectivity index (χ0v) is 17.2. The number of methoxy groups -OCH3 is 4. The van der Waals surface area contributed by atoms with Crippen LogP contribution in [0.2, 0.25) is 0 Å². The van der Waals surface area contributed by atoms with Gasteiger partial charge in [-0.3, -0.25) is 4.57 Å². The van der Waals surface area contributed by atoms with E-state index in [9.17, 15) is 5.11 Å². The van der Waals surface area contributed by atoms with Crippen molar-refractivity contribution in [2.45, 2.75) is 0 Å². The highest BCUT2D eigenvalue weighted by atomic mass is 16.5. The number of rotatable bonds is 6. The number of fused-ring (bicyclic) bond motifs is 1. The molecule has 0 saturated carbocycles. The number of nitrogens with zero attached hydrogens (tertiary/aromatic N) is 2. The second-order valence-corrected chi connectivity index (χ2v) is 6.53. The van der Waals surface area contributed by atoms with Crippen LogP contribution >= 0.6 is 0 Å². The number of aromatic nitrogens is 2. The molecular formula is C23H22N2O5. The quantitative estimate of drug-likeness (QED) is 0.511. The molecule has 4 aromatic rings. The molecular weight excluding hydrogens is 384 g/mol. The first-order valence-corrected chi connectivity index (χ1v) is 9.26. The maximum Gasteiger partial charge on any atom is 0.203 e. The summed E-state index contributed by atoms with van der Waals surface area (Å²) in [5.41, 5.74) is 3.23. The lowest BCUT2D eigenvalue weighted by Crippen LogP contribution is -2.00. The minimum atomic E-state index is 0.0450. The topological polar surface area (TPSA) is 75.0 Å². The van der Waals surface area contributed by atoms with Crippen LogP contribution in [0.3, 0.4) is 0 Å². The Bertz CT molecular complexity index is 1190. The van der Waals surface area contributed by atoms with Crippen molar-refractivity contribution < 1.29 is 24.1 Å². The van der Waals surface area contributed by atoms with E-state index < -0.39 is 0 Å². The van der Waals surface area contributed by atoms with Gasteiger partial charge in [0.25, 0.3) is 0 Å². The van der Waals surface area contributed by atoms with Gasteiger partial charge >= 0.3 is 0 Å². The first-order valence-electron chi connectivity index (χ1n) is 9.26. The SMILES string of the molecule is COc1ccc(-n2c(-c3cc(OC)c(OC)c(OC)c3)nc3ccccc32)cc1O. The summed E-state index contributed by atoms with van der Waals surface area (Å²) in [5.74, 6) is 2.68. The number of hydrogen-bond acceptors (Lipinski definition) is 6. The van der Waals surface area contributed by atoms with Crippen LogP contribution in [0.1, 0.15) is 0 Å². The standard InChI is InChI=1S/C23H22N2O5/c1-27-19-10-9-15(13-18(19)26)25-17-8-6-5-7-16(17)24-23(25)14-11-20(28-2)22(30-4)21(12-14)29-3/h5-13,26H,1-4H3. The molecule has 0 amide bonds. The van der Waals surface area contributed by atoms with E-state index in [0.717, 1.165) is 22.3 Å². The van der Waals surface area contributed by atoms with E-state index in [1.54, 1.807) is 33.5 Å². The van der Waals surface area contributed by atoms with Crippen LogP contribution in [0.5, 0.6) is 28.7 Å². The Morgan fingerprint density at radius 3 is 2.03 bits per heavy atom. The Balaban J connectivity index is 2.01. The van der Waals surface area contributed by atoms with E-state index in [0.29, 0.717) is 28.8 Å². The van der Waals surface area contributed by atoms with Crippen molar-refractivity contribution in [3.05, 3.63) is 54.6 Å². The lowest BCUT2D eigenvalue weighted by atomic mass is 10.1. The third-order valence-corrected chi connectivity index (χ3v) is 4.90. The van der Waals surface area contributed by atoms with Crippen molar-refractivity contribution in [2.24, 2.45) is 0 Å². The summed E-state index contributed by atoms with van der Waals surface area (Å²) in [6, 6.07) is 16.7. The van der Waals surface area contributed by atoms with E-state index in [2.05, 4.69) is 0 Å². The smallest absolute Gasteiger partial charge is 0.203 e. The van der Waals surface area contributed by atoms with Crippen LogP contribution in [0.4, 0.5) is 0 Å². The molecule has 0 aliphatic rings. The van der Waals surface area contributed by atoms with Gasteiger partial charge in [-0.2, -0.15) is 0 Å². The van der Waals surface area contributed by atoms with Crippen LogP contribution in [0.25, 0.3) is 28.1 Å².